The summed E-state index contributed by atoms with van der Waals surface area (Å²) in [4.78, 5) is 11.6. The van der Waals surface area contributed by atoms with E-state index in [0.717, 1.165) is 13.1 Å². The second-order valence-electron chi connectivity index (χ2n) is 4.54. The molecule has 6 nitrogen and oxygen atoms in total. The smallest absolute Gasteiger partial charge is 0.225 e. The fourth-order valence-electron chi connectivity index (χ4n) is 1.83. The topological polar surface area (TPSA) is 68.8 Å². The third-order valence-corrected chi connectivity index (χ3v) is 3.15. The maximum Gasteiger partial charge on any atom is 0.225 e. The van der Waals surface area contributed by atoms with Crippen LogP contribution in [0.2, 0.25) is 0 Å². The van der Waals surface area contributed by atoms with Gasteiger partial charge in [0.1, 0.15) is 23.9 Å². The molecule has 2 N–H and O–H groups in total. The summed E-state index contributed by atoms with van der Waals surface area (Å²) in [6, 6.07) is 5.33. The number of halogens is 1. The van der Waals surface area contributed by atoms with E-state index in [-0.39, 0.29) is 24.2 Å². The van der Waals surface area contributed by atoms with E-state index in [1.165, 1.54) is 0 Å². The van der Waals surface area contributed by atoms with Crippen LogP contribution in [0.1, 0.15) is 0 Å². The van der Waals surface area contributed by atoms with Gasteiger partial charge in [0, 0.05) is 31.3 Å². The molecule has 21 heavy (non-hydrogen) atoms. The summed E-state index contributed by atoms with van der Waals surface area (Å²) in [6.07, 6.45) is 0. The van der Waals surface area contributed by atoms with Crippen LogP contribution in [-0.4, -0.2) is 46.4 Å². The summed E-state index contributed by atoms with van der Waals surface area (Å²) >= 11 is 0. The number of carbonyl (C=O) groups is 1. The van der Waals surface area contributed by atoms with Crippen molar-refractivity contribution in [1.29, 1.82) is 0 Å². The molecule has 0 radical (unpaired) electrons. The molecule has 1 aliphatic heterocycles. The molecule has 1 fully saturated rings. The predicted molar refractivity (Wildman–Crippen MR) is 81.7 cm³/mol. The van der Waals surface area contributed by atoms with Crippen molar-refractivity contribution in [2.75, 3.05) is 40.5 Å². The van der Waals surface area contributed by atoms with Crippen LogP contribution in [0.3, 0.4) is 0 Å². The van der Waals surface area contributed by atoms with Gasteiger partial charge >= 0.3 is 0 Å². The largest absolute Gasteiger partial charge is 0.496 e. The van der Waals surface area contributed by atoms with E-state index in [2.05, 4.69) is 10.6 Å². The third-order valence-electron chi connectivity index (χ3n) is 3.15. The van der Waals surface area contributed by atoms with Gasteiger partial charge in [-0.05, 0) is 0 Å². The molecule has 1 aromatic carbocycles. The molecule has 0 atom stereocenters. The zero-order valence-corrected chi connectivity index (χ0v) is 13.0. The standard InChI is InChI=1S/C14H20N2O4.ClH/c1-18-11-5-12(19-2)7-13(6-11)20-4-3-16-14(17)10-8-15-9-10;/h5-7,10,15H,3-4,8-9H2,1-2H3,(H,16,17);1H. The first kappa shape index (κ1) is 17.4. The van der Waals surface area contributed by atoms with Crippen molar-refractivity contribution in [3.05, 3.63) is 18.2 Å². The van der Waals surface area contributed by atoms with Crippen LogP contribution in [-0.2, 0) is 4.79 Å². The van der Waals surface area contributed by atoms with Crippen LogP contribution < -0.4 is 24.8 Å². The first-order chi connectivity index (χ1) is 9.72. The highest BCUT2D eigenvalue weighted by atomic mass is 35.5. The van der Waals surface area contributed by atoms with Gasteiger partial charge in [-0.2, -0.15) is 0 Å². The Balaban J connectivity index is 0.00000220. The summed E-state index contributed by atoms with van der Waals surface area (Å²) < 4.78 is 15.9. The zero-order chi connectivity index (χ0) is 14.4. The van der Waals surface area contributed by atoms with Gasteiger partial charge in [-0.1, -0.05) is 0 Å². The van der Waals surface area contributed by atoms with Crippen molar-refractivity contribution in [2.45, 2.75) is 0 Å². The van der Waals surface area contributed by atoms with Crippen molar-refractivity contribution in [3.8, 4) is 17.2 Å². The minimum Gasteiger partial charge on any atom is -0.496 e. The molecule has 1 aromatic rings. The zero-order valence-electron chi connectivity index (χ0n) is 12.2. The average molecular weight is 317 g/mol. The molecule has 0 bridgehead atoms. The van der Waals surface area contributed by atoms with Crippen molar-refractivity contribution in [1.82, 2.24) is 10.6 Å². The number of hydrogen-bond donors (Lipinski definition) is 2. The molecule has 2 rings (SSSR count). The van der Waals surface area contributed by atoms with Crippen LogP contribution in [0.15, 0.2) is 18.2 Å². The van der Waals surface area contributed by atoms with Gasteiger partial charge in [0.15, 0.2) is 0 Å². The van der Waals surface area contributed by atoms with Crippen LogP contribution in [0.4, 0.5) is 0 Å². The Morgan fingerprint density at radius 1 is 1.19 bits per heavy atom. The van der Waals surface area contributed by atoms with E-state index in [9.17, 15) is 4.79 Å². The molecule has 0 unspecified atom stereocenters. The molecule has 0 saturated carbocycles. The molecule has 118 valence electrons. The summed E-state index contributed by atoms with van der Waals surface area (Å²) in [6.45, 7) is 2.41. The lowest BCUT2D eigenvalue weighted by atomic mass is 10.0. The maximum atomic E-state index is 11.6. The molecular weight excluding hydrogens is 296 g/mol. The Morgan fingerprint density at radius 2 is 1.76 bits per heavy atom. The second-order valence-corrected chi connectivity index (χ2v) is 4.54. The molecule has 1 amide bonds. The lowest BCUT2D eigenvalue weighted by Crippen LogP contribution is -2.51. The monoisotopic (exact) mass is 316 g/mol. The lowest BCUT2D eigenvalue weighted by Gasteiger charge is -2.25. The molecule has 0 aromatic heterocycles. The lowest BCUT2D eigenvalue weighted by molar-refractivity contribution is -0.126. The summed E-state index contributed by atoms with van der Waals surface area (Å²) in [7, 11) is 3.18. The molecule has 7 heteroatoms. The van der Waals surface area contributed by atoms with E-state index in [1.54, 1.807) is 32.4 Å². The highest BCUT2D eigenvalue weighted by molar-refractivity contribution is 5.85. The predicted octanol–water partition coefficient (Wildman–Crippen LogP) is 0.840. The van der Waals surface area contributed by atoms with E-state index < -0.39 is 0 Å². The summed E-state index contributed by atoms with van der Waals surface area (Å²) in [5.41, 5.74) is 0. The van der Waals surface area contributed by atoms with E-state index in [4.69, 9.17) is 14.2 Å². The van der Waals surface area contributed by atoms with Crippen molar-refractivity contribution >= 4 is 18.3 Å². The second kappa shape index (κ2) is 8.59. The van der Waals surface area contributed by atoms with Crippen LogP contribution >= 0.6 is 12.4 Å². The van der Waals surface area contributed by atoms with Crippen LogP contribution in [0.25, 0.3) is 0 Å². The first-order valence-electron chi connectivity index (χ1n) is 6.57. The average Bonchev–Trinajstić information content (AvgIpc) is 2.41. The maximum absolute atomic E-state index is 11.6. The number of methoxy groups -OCH3 is 2. The molecular formula is C14H21ClN2O4. The molecule has 0 aliphatic carbocycles. The van der Waals surface area contributed by atoms with Crippen LogP contribution in [0, 0.1) is 5.92 Å². The van der Waals surface area contributed by atoms with E-state index >= 15 is 0 Å². The van der Waals surface area contributed by atoms with E-state index in [0.29, 0.717) is 30.4 Å². The number of hydrogen-bond acceptors (Lipinski definition) is 5. The van der Waals surface area contributed by atoms with Gasteiger partial charge in [-0.15, -0.1) is 12.4 Å². The highest BCUT2D eigenvalue weighted by Gasteiger charge is 2.24. The number of ether oxygens (including phenoxy) is 3. The fourth-order valence-corrected chi connectivity index (χ4v) is 1.83. The number of nitrogens with one attached hydrogen (secondary N) is 2. The number of rotatable bonds is 7. The number of carbonyl (C=O) groups excluding carboxylic acids is 1. The minimum atomic E-state index is 0. The minimum absolute atomic E-state index is 0. The third kappa shape index (κ3) is 4.99. The van der Waals surface area contributed by atoms with Gasteiger partial charge in [0.05, 0.1) is 26.7 Å². The Bertz CT molecular complexity index is 444. The number of amides is 1. The van der Waals surface area contributed by atoms with Crippen LogP contribution in [0.5, 0.6) is 17.2 Å². The molecule has 1 heterocycles. The summed E-state index contributed by atoms with van der Waals surface area (Å²) in [5.74, 6) is 2.18. The van der Waals surface area contributed by atoms with Gasteiger partial charge in [-0.25, -0.2) is 0 Å². The molecule has 1 aliphatic rings. The SMILES string of the molecule is COc1cc(OC)cc(OCCNC(=O)C2CNC2)c1.Cl. The molecule has 0 spiro atoms. The normalized spacial score (nSPS) is 13.6. The first-order valence-corrected chi connectivity index (χ1v) is 6.57. The number of benzene rings is 1. The summed E-state index contributed by atoms with van der Waals surface area (Å²) in [5, 5.41) is 5.91. The van der Waals surface area contributed by atoms with Gasteiger partial charge in [0.2, 0.25) is 5.91 Å². The van der Waals surface area contributed by atoms with Gasteiger partial charge < -0.3 is 24.8 Å². The fraction of sp³-hybridized carbons (Fsp3) is 0.500. The Kier molecular flexibility index (Phi) is 7.11. The Morgan fingerprint density at radius 3 is 2.24 bits per heavy atom. The highest BCUT2D eigenvalue weighted by Crippen LogP contribution is 2.27. The van der Waals surface area contributed by atoms with Crippen molar-refractivity contribution in [2.24, 2.45) is 5.92 Å². The molecule has 1 saturated heterocycles. The Hall–Kier alpha value is -1.66. The van der Waals surface area contributed by atoms with Gasteiger partial charge in [0.25, 0.3) is 0 Å². The Labute approximate surface area is 130 Å². The van der Waals surface area contributed by atoms with Crippen molar-refractivity contribution < 1.29 is 19.0 Å². The van der Waals surface area contributed by atoms with Crippen molar-refractivity contribution in [3.63, 3.8) is 0 Å². The van der Waals surface area contributed by atoms with E-state index in [1.807, 2.05) is 0 Å². The quantitative estimate of drug-likeness (QED) is 0.730. The van der Waals surface area contributed by atoms with Gasteiger partial charge in [-0.3, -0.25) is 4.79 Å².